The molecule has 0 aliphatic carbocycles. The molecule has 12 heteroatoms. The van der Waals surface area contributed by atoms with Crippen molar-refractivity contribution >= 4 is 51.0 Å². The number of aromatic nitrogens is 5. The average molecular weight is 661 g/mol. The first-order valence-corrected chi connectivity index (χ1v) is 15.7. The molecule has 0 spiro atoms. The quantitative estimate of drug-likeness (QED) is 0.415. The van der Waals surface area contributed by atoms with Gasteiger partial charge in [0.15, 0.2) is 11.5 Å². The Morgan fingerprint density at radius 3 is 2.65 bits per heavy atom. The van der Waals surface area contributed by atoms with Crippen LogP contribution in [0.1, 0.15) is 58.1 Å². The fourth-order valence-corrected chi connectivity index (χ4v) is 7.80. The van der Waals surface area contributed by atoms with Crippen LogP contribution >= 0.6 is 22.6 Å². The predicted molar refractivity (Wildman–Crippen MR) is 160 cm³/mol. The molecule has 1 N–H and O–H groups in total. The van der Waals surface area contributed by atoms with Crippen LogP contribution in [-0.4, -0.2) is 82.0 Å². The Balaban J connectivity index is 1.32. The van der Waals surface area contributed by atoms with E-state index in [4.69, 9.17) is 24.7 Å². The molecule has 3 aromatic rings. The summed E-state index contributed by atoms with van der Waals surface area (Å²) < 4.78 is 16.6. The number of anilines is 2. The molecule has 214 valence electrons. The van der Waals surface area contributed by atoms with Crippen molar-refractivity contribution in [3.05, 3.63) is 22.0 Å². The van der Waals surface area contributed by atoms with Crippen molar-refractivity contribution in [1.82, 2.24) is 29.9 Å². The monoisotopic (exact) mass is 660 g/mol. The third-order valence-electron chi connectivity index (χ3n) is 9.13. The highest BCUT2D eigenvalue weighted by atomic mass is 127. The van der Waals surface area contributed by atoms with E-state index in [1.165, 1.54) is 0 Å². The number of pyridine rings is 1. The third kappa shape index (κ3) is 4.55. The fourth-order valence-electron chi connectivity index (χ4n) is 7.07. The van der Waals surface area contributed by atoms with Gasteiger partial charge in [-0.25, -0.2) is 9.67 Å². The zero-order valence-corrected chi connectivity index (χ0v) is 25.3. The average Bonchev–Trinajstić information content (AvgIpc) is 3.66. The Morgan fingerprint density at radius 1 is 1.10 bits per heavy atom. The van der Waals surface area contributed by atoms with Gasteiger partial charge in [-0.1, -0.05) is 0 Å². The van der Waals surface area contributed by atoms with E-state index >= 15 is 0 Å². The molecule has 0 radical (unpaired) electrons. The van der Waals surface area contributed by atoms with Crippen LogP contribution in [0.25, 0.3) is 16.9 Å². The number of piperidine rings is 1. The minimum atomic E-state index is -0.0334. The molecule has 40 heavy (non-hydrogen) atoms. The summed E-state index contributed by atoms with van der Waals surface area (Å²) in [5, 5.41) is 13.8. The molecule has 4 aliphatic heterocycles. The molecule has 1 amide bonds. The zero-order valence-electron chi connectivity index (χ0n) is 23.1. The van der Waals surface area contributed by atoms with Crippen LogP contribution in [0.4, 0.5) is 11.5 Å². The highest BCUT2D eigenvalue weighted by Gasteiger charge is 2.40. The van der Waals surface area contributed by atoms with Crippen LogP contribution in [0, 0.1) is 9.62 Å². The molecule has 2 bridgehead atoms. The van der Waals surface area contributed by atoms with Crippen molar-refractivity contribution in [2.24, 2.45) is 5.92 Å². The molecule has 11 nitrogen and oxygen atoms in total. The zero-order chi connectivity index (χ0) is 27.4. The number of morpholine rings is 1. The molecule has 5 atom stereocenters. The molecule has 3 aromatic heterocycles. The summed E-state index contributed by atoms with van der Waals surface area (Å²) >= 11 is 2.34. The van der Waals surface area contributed by atoms with Crippen LogP contribution in [-0.2, 0) is 14.3 Å². The van der Waals surface area contributed by atoms with Crippen LogP contribution in [0.3, 0.4) is 0 Å². The van der Waals surface area contributed by atoms with E-state index in [0.29, 0.717) is 12.1 Å². The maximum absolute atomic E-state index is 12.4. The molecule has 4 saturated heterocycles. The second-order valence-electron chi connectivity index (χ2n) is 11.6. The largest absolute Gasteiger partial charge is 0.377 e. The van der Waals surface area contributed by atoms with E-state index in [2.05, 4.69) is 50.7 Å². The van der Waals surface area contributed by atoms with Crippen molar-refractivity contribution in [1.29, 1.82) is 0 Å². The number of halogens is 1. The lowest BCUT2D eigenvalue weighted by Crippen LogP contribution is -2.47. The molecule has 7 rings (SSSR count). The molecule has 7 heterocycles. The number of carbonyl (C=O) groups is 1. The van der Waals surface area contributed by atoms with E-state index in [-0.39, 0.29) is 24.1 Å². The van der Waals surface area contributed by atoms with Crippen molar-refractivity contribution < 1.29 is 14.3 Å². The number of hydrogen-bond acceptors (Lipinski definition) is 8. The van der Waals surface area contributed by atoms with Crippen molar-refractivity contribution in [3.8, 4) is 5.82 Å². The van der Waals surface area contributed by atoms with Gasteiger partial charge in [-0.2, -0.15) is 14.9 Å². The van der Waals surface area contributed by atoms with Crippen LogP contribution in [0.2, 0.25) is 0 Å². The molecule has 4 fully saturated rings. The smallest absolute Gasteiger partial charge is 0.222 e. The molecule has 4 aliphatic rings. The van der Waals surface area contributed by atoms with Gasteiger partial charge in [0.1, 0.15) is 15.7 Å². The first-order chi connectivity index (χ1) is 19.5. The summed E-state index contributed by atoms with van der Waals surface area (Å²) in [7, 11) is 1.73. The Kier molecular flexibility index (Phi) is 7.11. The van der Waals surface area contributed by atoms with Gasteiger partial charge in [0.25, 0.3) is 0 Å². The van der Waals surface area contributed by atoms with Gasteiger partial charge < -0.3 is 24.6 Å². The second kappa shape index (κ2) is 10.8. The highest BCUT2D eigenvalue weighted by Crippen LogP contribution is 2.41. The summed E-state index contributed by atoms with van der Waals surface area (Å²) in [4.78, 5) is 22.7. The lowest BCUT2D eigenvalue weighted by Gasteiger charge is -2.40. The fraction of sp³-hybridized carbons (Fsp3) is 0.643. The number of amides is 1. The topological polar surface area (TPSA) is 103 Å². The Bertz CT molecular complexity index is 1390. The number of hydrogen-bond donors (Lipinski definition) is 1. The number of fused-ring (bicyclic) bond motifs is 3. The Hall–Kier alpha value is -2.45. The Labute approximate surface area is 247 Å². The summed E-state index contributed by atoms with van der Waals surface area (Å²) in [5.41, 5.74) is 1.96. The van der Waals surface area contributed by atoms with E-state index in [0.717, 1.165) is 103 Å². The van der Waals surface area contributed by atoms with Gasteiger partial charge in [-0.05, 0) is 74.5 Å². The predicted octanol–water partition coefficient (Wildman–Crippen LogP) is 3.64. The van der Waals surface area contributed by atoms with Crippen molar-refractivity contribution in [2.45, 2.75) is 76.2 Å². The molecule has 5 unspecified atom stereocenters. The maximum atomic E-state index is 12.4. The number of ether oxygens (including phenoxy) is 2. The van der Waals surface area contributed by atoms with Gasteiger partial charge in [0.05, 0.1) is 36.4 Å². The van der Waals surface area contributed by atoms with E-state index < -0.39 is 0 Å². The van der Waals surface area contributed by atoms with Gasteiger partial charge in [-0.3, -0.25) is 4.79 Å². The summed E-state index contributed by atoms with van der Waals surface area (Å²) in [6.07, 6.45) is 9.05. The van der Waals surface area contributed by atoms with Gasteiger partial charge >= 0.3 is 0 Å². The van der Waals surface area contributed by atoms with Crippen molar-refractivity contribution in [2.75, 3.05) is 43.2 Å². The van der Waals surface area contributed by atoms with Crippen molar-refractivity contribution in [3.63, 3.8) is 0 Å². The number of rotatable bonds is 5. The minimum Gasteiger partial charge on any atom is -0.377 e. The Morgan fingerprint density at radius 2 is 1.93 bits per heavy atom. The van der Waals surface area contributed by atoms with E-state index in [1.807, 2.05) is 21.6 Å². The normalized spacial score (nSPS) is 28.8. The lowest BCUT2D eigenvalue weighted by molar-refractivity contribution is -0.125. The summed E-state index contributed by atoms with van der Waals surface area (Å²) in [6, 6.07) is 5.15. The molecular formula is C28H37IN8O3. The maximum Gasteiger partial charge on any atom is 0.222 e. The van der Waals surface area contributed by atoms with E-state index in [1.54, 1.807) is 7.05 Å². The second-order valence-corrected chi connectivity index (χ2v) is 12.6. The van der Waals surface area contributed by atoms with Crippen LogP contribution in [0.5, 0.6) is 0 Å². The molecular weight excluding hydrogens is 623 g/mol. The summed E-state index contributed by atoms with van der Waals surface area (Å²) in [5.74, 6) is 1.90. The van der Waals surface area contributed by atoms with Gasteiger partial charge in [0, 0.05) is 50.5 Å². The summed E-state index contributed by atoms with van der Waals surface area (Å²) in [6.45, 7) is 5.28. The number of nitrogens with one attached hydrogen (secondary N) is 1. The lowest BCUT2D eigenvalue weighted by atomic mass is 9.90. The number of nitrogens with zero attached hydrogens (tertiary/aromatic N) is 7. The highest BCUT2D eigenvalue weighted by molar-refractivity contribution is 14.1. The van der Waals surface area contributed by atoms with Crippen LogP contribution in [0.15, 0.2) is 18.3 Å². The molecule has 0 aromatic carbocycles. The standard InChI is InChI=1S/C28H37IN8O3/c1-17-13-18(28(38)30-2)8-10-34(17)21-14-23(36-19-6-7-20(36)16-39-15-19)31-27-25(21)26(29)33-37(27)22-9-11-35(32-22)24-5-3-4-12-40-24/h9,11,14,17-20,24H,3-8,10,12-13,15-16H2,1-2H3,(H,30,38). The van der Waals surface area contributed by atoms with Gasteiger partial charge in [0.2, 0.25) is 5.91 Å². The molecule has 0 saturated carbocycles. The van der Waals surface area contributed by atoms with E-state index in [9.17, 15) is 4.79 Å². The third-order valence-corrected chi connectivity index (χ3v) is 9.89. The van der Waals surface area contributed by atoms with Gasteiger partial charge in [-0.15, -0.1) is 0 Å². The SMILES string of the molecule is CNC(=O)C1CCN(c2cc(N3C4CCC3COC4)nc3c2c(I)nn3-c2ccn(C3CCCCO3)n2)C(C)C1. The number of carbonyl (C=O) groups excluding carboxylic acids is 1. The van der Waals surface area contributed by atoms with Crippen LogP contribution < -0.4 is 15.1 Å². The first-order valence-electron chi connectivity index (χ1n) is 14.6. The first kappa shape index (κ1) is 26.4. The minimum absolute atomic E-state index is 0.0334.